The fourth-order valence-electron chi connectivity index (χ4n) is 2.22. The second kappa shape index (κ2) is 4.81. The number of nitrogens with zero attached hydrogens (tertiary/aromatic N) is 1. The summed E-state index contributed by atoms with van der Waals surface area (Å²) in [5, 5.41) is 0.129. The predicted octanol–water partition coefficient (Wildman–Crippen LogP) is 3.00. The van der Waals surface area contributed by atoms with Crippen molar-refractivity contribution in [3.8, 4) is 0 Å². The van der Waals surface area contributed by atoms with Crippen LogP contribution in [0.25, 0.3) is 0 Å². The standard InChI is InChI=1S/C12H16Cl2N2O2S/c1-12(2)3-4-16(7-12)19(17,18)11-9(13)5-8(15)6-10(11)14/h5-6H,3-4,7,15H2,1-2H3. The second-order valence-electron chi connectivity index (χ2n) is 5.57. The molecule has 2 N–H and O–H groups in total. The first kappa shape index (κ1) is 14.9. The van der Waals surface area contributed by atoms with Crippen LogP contribution in [0.2, 0.25) is 10.0 Å². The van der Waals surface area contributed by atoms with Gasteiger partial charge in [-0.05, 0) is 24.0 Å². The molecule has 2 rings (SSSR count). The molecule has 0 atom stereocenters. The lowest BCUT2D eigenvalue weighted by Gasteiger charge is -2.21. The molecule has 1 aromatic carbocycles. The summed E-state index contributed by atoms with van der Waals surface area (Å²) < 4.78 is 26.6. The van der Waals surface area contributed by atoms with Crippen molar-refractivity contribution < 1.29 is 8.42 Å². The summed E-state index contributed by atoms with van der Waals surface area (Å²) in [6.45, 7) is 5.02. The van der Waals surface area contributed by atoms with Crippen molar-refractivity contribution in [2.45, 2.75) is 25.2 Å². The molecule has 1 aliphatic heterocycles. The number of anilines is 1. The fraction of sp³-hybridized carbons (Fsp3) is 0.500. The lowest BCUT2D eigenvalue weighted by molar-refractivity contribution is 0.375. The maximum absolute atomic E-state index is 12.6. The van der Waals surface area contributed by atoms with Crippen LogP contribution in [-0.4, -0.2) is 25.8 Å². The van der Waals surface area contributed by atoms with Crippen molar-refractivity contribution in [2.75, 3.05) is 18.8 Å². The molecule has 1 heterocycles. The summed E-state index contributed by atoms with van der Waals surface area (Å²) in [6, 6.07) is 2.81. The fourth-order valence-corrected chi connectivity index (χ4v) is 5.03. The van der Waals surface area contributed by atoms with Crippen LogP contribution >= 0.6 is 23.2 Å². The molecule has 0 saturated carbocycles. The van der Waals surface area contributed by atoms with Crippen molar-refractivity contribution >= 4 is 38.9 Å². The third kappa shape index (κ3) is 2.84. The van der Waals surface area contributed by atoms with Crippen molar-refractivity contribution in [2.24, 2.45) is 5.41 Å². The summed E-state index contributed by atoms with van der Waals surface area (Å²) >= 11 is 12.0. The number of benzene rings is 1. The van der Waals surface area contributed by atoms with Crippen LogP contribution in [-0.2, 0) is 10.0 Å². The molecular formula is C12H16Cl2N2O2S. The molecule has 1 fully saturated rings. The molecule has 0 unspecified atom stereocenters. The highest BCUT2D eigenvalue weighted by Crippen LogP contribution is 2.38. The quantitative estimate of drug-likeness (QED) is 0.851. The van der Waals surface area contributed by atoms with Gasteiger partial charge in [-0.1, -0.05) is 37.0 Å². The van der Waals surface area contributed by atoms with Gasteiger partial charge in [0.1, 0.15) is 4.90 Å². The third-order valence-electron chi connectivity index (χ3n) is 3.26. The van der Waals surface area contributed by atoms with Gasteiger partial charge in [0.25, 0.3) is 0 Å². The molecule has 4 nitrogen and oxygen atoms in total. The van der Waals surface area contributed by atoms with E-state index in [9.17, 15) is 8.42 Å². The van der Waals surface area contributed by atoms with Crippen LogP contribution in [0.4, 0.5) is 5.69 Å². The van der Waals surface area contributed by atoms with Crippen molar-refractivity contribution in [3.05, 3.63) is 22.2 Å². The predicted molar refractivity (Wildman–Crippen MR) is 78.0 cm³/mol. The summed E-state index contributed by atoms with van der Waals surface area (Å²) in [6.07, 6.45) is 0.816. The summed E-state index contributed by atoms with van der Waals surface area (Å²) in [4.78, 5) is -0.0530. The number of hydrogen-bond donors (Lipinski definition) is 1. The number of hydrogen-bond acceptors (Lipinski definition) is 3. The molecular weight excluding hydrogens is 307 g/mol. The van der Waals surface area contributed by atoms with E-state index in [1.807, 2.05) is 13.8 Å². The molecule has 1 aromatic rings. The first-order chi connectivity index (χ1) is 8.63. The molecule has 7 heteroatoms. The molecule has 0 radical (unpaired) electrons. The smallest absolute Gasteiger partial charge is 0.246 e. The lowest BCUT2D eigenvalue weighted by atomic mass is 9.93. The van der Waals surface area contributed by atoms with E-state index in [0.717, 1.165) is 6.42 Å². The zero-order valence-corrected chi connectivity index (χ0v) is 13.1. The van der Waals surface area contributed by atoms with Crippen LogP contribution in [0, 0.1) is 5.41 Å². The molecule has 1 saturated heterocycles. The minimum Gasteiger partial charge on any atom is -0.399 e. The summed E-state index contributed by atoms with van der Waals surface area (Å²) in [5.41, 5.74) is 5.91. The van der Waals surface area contributed by atoms with Gasteiger partial charge >= 0.3 is 0 Å². The Morgan fingerprint density at radius 3 is 2.21 bits per heavy atom. The lowest BCUT2D eigenvalue weighted by Crippen LogP contribution is -2.30. The Hall–Kier alpha value is -0.490. The average Bonchev–Trinajstić information content (AvgIpc) is 2.57. The average molecular weight is 323 g/mol. The zero-order chi connectivity index (χ0) is 14.4. The van der Waals surface area contributed by atoms with Gasteiger partial charge in [0.2, 0.25) is 10.0 Å². The van der Waals surface area contributed by atoms with E-state index >= 15 is 0 Å². The van der Waals surface area contributed by atoms with Crippen LogP contribution in [0.3, 0.4) is 0 Å². The topological polar surface area (TPSA) is 63.4 Å². The van der Waals surface area contributed by atoms with Crippen LogP contribution < -0.4 is 5.73 Å². The summed E-state index contributed by atoms with van der Waals surface area (Å²) in [5.74, 6) is 0. The van der Waals surface area contributed by atoms with E-state index in [-0.39, 0.29) is 20.4 Å². The van der Waals surface area contributed by atoms with Gasteiger partial charge in [0.15, 0.2) is 0 Å². The Kier molecular flexibility index (Phi) is 3.77. The minimum atomic E-state index is -3.67. The third-order valence-corrected chi connectivity index (χ3v) is 6.03. The number of nitrogen functional groups attached to an aromatic ring is 1. The second-order valence-corrected chi connectivity index (χ2v) is 8.26. The van der Waals surface area contributed by atoms with E-state index in [4.69, 9.17) is 28.9 Å². The van der Waals surface area contributed by atoms with E-state index in [0.29, 0.717) is 18.8 Å². The number of nitrogens with two attached hydrogens (primary N) is 1. The van der Waals surface area contributed by atoms with Crippen molar-refractivity contribution in [1.29, 1.82) is 0 Å². The van der Waals surface area contributed by atoms with Gasteiger partial charge in [0, 0.05) is 18.8 Å². The van der Waals surface area contributed by atoms with Crippen LogP contribution in [0.5, 0.6) is 0 Å². The Labute approximate surface area is 123 Å². The highest BCUT2D eigenvalue weighted by atomic mass is 35.5. The van der Waals surface area contributed by atoms with E-state index < -0.39 is 10.0 Å². The van der Waals surface area contributed by atoms with Crippen LogP contribution in [0.1, 0.15) is 20.3 Å². The molecule has 1 aliphatic rings. The molecule has 0 spiro atoms. The van der Waals surface area contributed by atoms with Gasteiger partial charge in [-0.3, -0.25) is 0 Å². The largest absolute Gasteiger partial charge is 0.399 e. The monoisotopic (exact) mass is 322 g/mol. The Morgan fingerprint density at radius 2 is 1.79 bits per heavy atom. The van der Waals surface area contributed by atoms with Crippen molar-refractivity contribution in [1.82, 2.24) is 4.31 Å². The molecule has 0 aromatic heterocycles. The molecule has 0 bridgehead atoms. The van der Waals surface area contributed by atoms with Crippen LogP contribution in [0.15, 0.2) is 17.0 Å². The molecule has 0 amide bonds. The minimum absolute atomic E-state index is 0.0279. The van der Waals surface area contributed by atoms with E-state index in [1.54, 1.807) is 0 Å². The van der Waals surface area contributed by atoms with Gasteiger partial charge < -0.3 is 5.73 Å². The Balaban J connectivity index is 2.47. The van der Waals surface area contributed by atoms with E-state index in [1.165, 1.54) is 16.4 Å². The Bertz CT molecular complexity index is 591. The van der Waals surface area contributed by atoms with Gasteiger partial charge in [-0.25, -0.2) is 8.42 Å². The highest BCUT2D eigenvalue weighted by molar-refractivity contribution is 7.89. The SMILES string of the molecule is CC1(C)CCN(S(=O)(=O)c2c(Cl)cc(N)cc2Cl)C1. The number of sulfonamides is 1. The molecule has 106 valence electrons. The maximum Gasteiger partial charge on any atom is 0.246 e. The van der Waals surface area contributed by atoms with Gasteiger partial charge in [-0.2, -0.15) is 4.31 Å². The number of halogens is 2. The molecule has 19 heavy (non-hydrogen) atoms. The highest BCUT2D eigenvalue weighted by Gasteiger charge is 2.38. The first-order valence-electron chi connectivity index (χ1n) is 5.88. The first-order valence-corrected chi connectivity index (χ1v) is 8.08. The molecule has 0 aliphatic carbocycles. The maximum atomic E-state index is 12.6. The van der Waals surface area contributed by atoms with Gasteiger partial charge in [-0.15, -0.1) is 0 Å². The van der Waals surface area contributed by atoms with Gasteiger partial charge in [0.05, 0.1) is 10.0 Å². The van der Waals surface area contributed by atoms with E-state index in [2.05, 4.69) is 0 Å². The van der Waals surface area contributed by atoms with Crippen molar-refractivity contribution in [3.63, 3.8) is 0 Å². The normalized spacial score (nSPS) is 19.8. The Morgan fingerprint density at radius 1 is 1.26 bits per heavy atom. The zero-order valence-electron chi connectivity index (χ0n) is 10.8. The number of rotatable bonds is 2. The summed E-state index contributed by atoms with van der Waals surface area (Å²) in [7, 11) is -3.67.